The van der Waals surface area contributed by atoms with Gasteiger partial charge in [-0.1, -0.05) is 118 Å². The van der Waals surface area contributed by atoms with Crippen LogP contribution in [0.2, 0.25) is 0 Å². The Kier molecular flexibility index (Phi) is 7.75. The Morgan fingerprint density at radius 3 is 1.87 bits per heavy atom. The third-order valence-electron chi connectivity index (χ3n) is 9.48. The Morgan fingerprint density at radius 1 is 0.617 bits per heavy atom. The zero-order chi connectivity index (χ0) is 32.6. The van der Waals surface area contributed by atoms with Crippen molar-refractivity contribution in [1.29, 1.82) is 0 Å². The van der Waals surface area contributed by atoms with E-state index in [4.69, 9.17) is 22.3 Å². The molecule has 47 heavy (non-hydrogen) atoms. The summed E-state index contributed by atoms with van der Waals surface area (Å²) in [6, 6.07) is 42.0. The van der Waals surface area contributed by atoms with Crippen molar-refractivity contribution in [2.24, 2.45) is 5.41 Å². The van der Waals surface area contributed by atoms with E-state index >= 15 is 0 Å². The molecule has 6 aromatic carbocycles. The summed E-state index contributed by atoms with van der Waals surface area (Å²) in [4.78, 5) is 0. The van der Waals surface area contributed by atoms with Crippen molar-refractivity contribution in [3.05, 3.63) is 143 Å². The summed E-state index contributed by atoms with van der Waals surface area (Å²) >= 11 is 0. The number of fused-ring (bicyclic) bond motifs is 5. The highest BCUT2D eigenvalue weighted by Gasteiger charge is 2.46. The predicted octanol–water partition coefficient (Wildman–Crippen LogP) is 10.4. The van der Waals surface area contributed by atoms with Gasteiger partial charge >= 0.3 is 0 Å². The average Bonchev–Trinajstić information content (AvgIpc) is 3.39. The van der Waals surface area contributed by atoms with Crippen LogP contribution < -0.4 is 9.47 Å². The summed E-state index contributed by atoms with van der Waals surface area (Å²) in [7, 11) is 0. The van der Waals surface area contributed by atoms with Gasteiger partial charge in [0.2, 0.25) is 0 Å². The van der Waals surface area contributed by atoms with Crippen molar-refractivity contribution >= 4 is 21.5 Å². The summed E-state index contributed by atoms with van der Waals surface area (Å²) in [5.41, 5.74) is 8.46. The van der Waals surface area contributed by atoms with Gasteiger partial charge in [-0.3, -0.25) is 0 Å². The number of hydrogen-bond acceptors (Lipinski definition) is 2. The third-order valence-corrected chi connectivity index (χ3v) is 9.48. The zero-order valence-corrected chi connectivity index (χ0v) is 27.3. The summed E-state index contributed by atoms with van der Waals surface area (Å²) in [6.07, 6.45) is 13.0. The molecule has 0 unspecified atom stereocenters. The quantitative estimate of drug-likeness (QED) is 0.159. The Hall–Kier alpha value is -5.44. The Bertz CT molecular complexity index is 2170. The standard InChI is InChI=1S/C45H38O2/c1-6-26-46-36-21-17-31-28-34(19-16-32(31)30-36)45(41-14-10-8-12-38(41)39-13-9-11-15-42(39)45)35-20-22-37-33(29-35)18-23-43(47-27-7-2)40(37)24-25-44(3,4)5/h1-2,8-23,28-30H,24-27H2,3-5H3. The van der Waals surface area contributed by atoms with Gasteiger partial charge in [0.1, 0.15) is 24.7 Å². The van der Waals surface area contributed by atoms with Gasteiger partial charge in [-0.2, -0.15) is 0 Å². The first kappa shape index (κ1) is 30.2. The molecule has 0 bridgehead atoms. The van der Waals surface area contributed by atoms with Crippen LogP contribution in [0.15, 0.2) is 115 Å². The highest BCUT2D eigenvalue weighted by molar-refractivity contribution is 5.93. The van der Waals surface area contributed by atoms with Gasteiger partial charge in [-0.15, -0.1) is 12.8 Å². The van der Waals surface area contributed by atoms with Crippen LogP contribution in [0.5, 0.6) is 11.5 Å². The van der Waals surface area contributed by atoms with Gasteiger partial charge < -0.3 is 9.47 Å². The molecule has 0 aromatic heterocycles. The maximum atomic E-state index is 6.09. The fourth-order valence-electron chi connectivity index (χ4n) is 7.32. The van der Waals surface area contributed by atoms with Crippen molar-refractivity contribution in [2.75, 3.05) is 13.2 Å². The molecule has 230 valence electrons. The molecule has 2 heteroatoms. The third kappa shape index (κ3) is 5.31. The van der Waals surface area contributed by atoms with Crippen LogP contribution in [0, 0.1) is 30.1 Å². The van der Waals surface area contributed by atoms with E-state index in [0.29, 0.717) is 0 Å². The van der Waals surface area contributed by atoms with Crippen LogP contribution in [-0.2, 0) is 11.8 Å². The van der Waals surface area contributed by atoms with Gasteiger partial charge in [0.25, 0.3) is 0 Å². The molecule has 0 amide bonds. The smallest absolute Gasteiger partial charge is 0.148 e. The van der Waals surface area contributed by atoms with E-state index in [1.807, 2.05) is 6.07 Å². The molecule has 6 aromatic rings. The summed E-state index contributed by atoms with van der Waals surface area (Å²) < 4.78 is 11.8. The second kappa shape index (κ2) is 12.1. The topological polar surface area (TPSA) is 18.5 Å². The molecular weight excluding hydrogens is 572 g/mol. The molecule has 0 atom stereocenters. The van der Waals surface area contributed by atoms with E-state index < -0.39 is 5.41 Å². The number of ether oxygens (including phenoxy) is 2. The van der Waals surface area contributed by atoms with Gasteiger partial charge in [0.05, 0.1) is 5.41 Å². The summed E-state index contributed by atoms with van der Waals surface area (Å²) in [5, 5.41) is 4.66. The number of benzene rings is 6. The lowest BCUT2D eigenvalue weighted by atomic mass is 9.67. The lowest BCUT2D eigenvalue weighted by Crippen LogP contribution is -2.28. The van der Waals surface area contributed by atoms with Crippen molar-refractivity contribution in [2.45, 2.75) is 39.0 Å². The van der Waals surface area contributed by atoms with Gasteiger partial charge in [0.15, 0.2) is 0 Å². The zero-order valence-electron chi connectivity index (χ0n) is 27.3. The van der Waals surface area contributed by atoms with Crippen LogP contribution >= 0.6 is 0 Å². The normalized spacial score (nSPS) is 13.0. The fraction of sp³-hybridized carbons (Fsp3) is 0.200. The van der Waals surface area contributed by atoms with Crippen LogP contribution in [0.1, 0.15) is 55.0 Å². The lowest BCUT2D eigenvalue weighted by Gasteiger charge is -2.34. The first-order valence-corrected chi connectivity index (χ1v) is 16.3. The largest absolute Gasteiger partial charge is 0.481 e. The van der Waals surface area contributed by atoms with Crippen molar-refractivity contribution in [3.8, 4) is 47.3 Å². The molecule has 7 rings (SSSR count). The van der Waals surface area contributed by atoms with Crippen molar-refractivity contribution in [1.82, 2.24) is 0 Å². The summed E-state index contributed by atoms with van der Waals surface area (Å²) in [6.45, 7) is 7.35. The Balaban J connectivity index is 1.47. The first-order chi connectivity index (χ1) is 22.8. The molecule has 2 nitrogen and oxygen atoms in total. The molecule has 0 spiro atoms. The maximum Gasteiger partial charge on any atom is 0.148 e. The fourth-order valence-corrected chi connectivity index (χ4v) is 7.32. The van der Waals surface area contributed by atoms with Crippen molar-refractivity contribution < 1.29 is 9.47 Å². The number of hydrogen-bond donors (Lipinski definition) is 0. The second-order valence-electron chi connectivity index (χ2n) is 13.6. The van der Waals surface area contributed by atoms with Crippen LogP contribution in [-0.4, -0.2) is 13.2 Å². The Morgan fingerprint density at radius 2 is 1.19 bits per heavy atom. The molecule has 0 N–H and O–H groups in total. The maximum absolute atomic E-state index is 6.09. The minimum absolute atomic E-state index is 0.192. The molecular formula is C45H38O2. The predicted molar refractivity (Wildman–Crippen MR) is 195 cm³/mol. The van der Waals surface area contributed by atoms with Gasteiger partial charge in [-0.05, 0) is 104 Å². The van der Waals surface area contributed by atoms with E-state index in [1.54, 1.807) is 0 Å². The van der Waals surface area contributed by atoms with E-state index in [0.717, 1.165) is 35.1 Å². The van der Waals surface area contributed by atoms with Crippen LogP contribution in [0.4, 0.5) is 0 Å². The Labute approximate surface area is 278 Å². The molecule has 0 saturated carbocycles. The number of aryl methyl sites for hydroxylation is 1. The van der Waals surface area contributed by atoms with Crippen molar-refractivity contribution in [3.63, 3.8) is 0 Å². The second-order valence-corrected chi connectivity index (χ2v) is 13.6. The minimum Gasteiger partial charge on any atom is -0.481 e. The molecule has 1 aliphatic rings. The summed E-state index contributed by atoms with van der Waals surface area (Å²) in [5.74, 6) is 6.85. The molecule has 0 radical (unpaired) electrons. The molecule has 0 heterocycles. The van der Waals surface area contributed by atoms with E-state index in [2.05, 4.69) is 142 Å². The van der Waals surface area contributed by atoms with Gasteiger partial charge in [-0.25, -0.2) is 0 Å². The van der Waals surface area contributed by atoms with E-state index in [-0.39, 0.29) is 18.6 Å². The number of rotatable bonds is 8. The SMILES string of the molecule is C#CCOc1ccc2cc(C3(c4ccc5c(CCC(C)(C)C)c(OCC#C)ccc5c4)c4ccccc4-c4ccccc43)ccc2c1. The van der Waals surface area contributed by atoms with Gasteiger partial charge in [0, 0.05) is 5.56 Å². The highest BCUT2D eigenvalue weighted by Crippen LogP contribution is 2.56. The van der Waals surface area contributed by atoms with Crippen LogP contribution in [0.25, 0.3) is 32.7 Å². The first-order valence-electron chi connectivity index (χ1n) is 16.3. The molecule has 0 fully saturated rings. The van der Waals surface area contributed by atoms with E-state index in [9.17, 15) is 0 Å². The highest BCUT2D eigenvalue weighted by atomic mass is 16.5. The minimum atomic E-state index is -0.515. The lowest BCUT2D eigenvalue weighted by molar-refractivity contribution is 0.354. The molecule has 1 aliphatic carbocycles. The molecule has 0 saturated heterocycles. The van der Waals surface area contributed by atoms with Crippen LogP contribution in [0.3, 0.4) is 0 Å². The van der Waals surface area contributed by atoms with E-state index in [1.165, 1.54) is 49.7 Å². The average molecular weight is 611 g/mol. The molecule has 0 aliphatic heterocycles. The number of terminal acetylenes is 2. The monoisotopic (exact) mass is 610 g/mol.